The van der Waals surface area contributed by atoms with E-state index in [2.05, 4.69) is 25.7 Å². The van der Waals surface area contributed by atoms with Gasteiger partial charge in [0.15, 0.2) is 0 Å². The summed E-state index contributed by atoms with van der Waals surface area (Å²) in [5.74, 6) is 0. The highest BCUT2D eigenvalue weighted by molar-refractivity contribution is 4.85. The summed E-state index contributed by atoms with van der Waals surface area (Å²) in [5, 5.41) is 0. The SMILES string of the molecule is CCCC(C)(N)CN1CCCC(OCC)C1. The lowest BCUT2D eigenvalue weighted by Gasteiger charge is -2.37. The predicted octanol–water partition coefficient (Wildman–Crippen LogP) is 2.00. The van der Waals surface area contributed by atoms with Gasteiger partial charge in [-0.15, -0.1) is 0 Å². The normalized spacial score (nSPS) is 26.6. The molecule has 96 valence electrons. The summed E-state index contributed by atoms with van der Waals surface area (Å²) >= 11 is 0. The van der Waals surface area contributed by atoms with Gasteiger partial charge in [-0.05, 0) is 39.7 Å². The maximum atomic E-state index is 6.30. The maximum Gasteiger partial charge on any atom is 0.0702 e. The number of hydrogen-bond donors (Lipinski definition) is 1. The minimum absolute atomic E-state index is 0.0388. The third kappa shape index (κ3) is 4.81. The molecule has 0 radical (unpaired) electrons. The largest absolute Gasteiger partial charge is 0.377 e. The second-order valence-electron chi connectivity index (χ2n) is 5.36. The van der Waals surface area contributed by atoms with Gasteiger partial charge < -0.3 is 10.5 Å². The molecule has 0 aliphatic carbocycles. The third-order valence-corrected chi connectivity index (χ3v) is 3.27. The van der Waals surface area contributed by atoms with Crippen LogP contribution in [-0.2, 0) is 4.74 Å². The van der Waals surface area contributed by atoms with Crippen LogP contribution < -0.4 is 5.73 Å². The van der Waals surface area contributed by atoms with Gasteiger partial charge in [-0.25, -0.2) is 0 Å². The first-order valence-electron chi connectivity index (χ1n) is 6.70. The van der Waals surface area contributed by atoms with Gasteiger partial charge in [-0.1, -0.05) is 13.3 Å². The van der Waals surface area contributed by atoms with Crippen molar-refractivity contribution in [2.75, 3.05) is 26.2 Å². The summed E-state index contributed by atoms with van der Waals surface area (Å²) < 4.78 is 5.71. The number of rotatable bonds is 6. The zero-order valence-electron chi connectivity index (χ0n) is 11.2. The number of nitrogens with two attached hydrogens (primary N) is 1. The standard InChI is InChI=1S/C13H28N2O/c1-4-8-13(3,14)11-15-9-6-7-12(10-15)16-5-2/h12H,4-11,14H2,1-3H3. The van der Waals surface area contributed by atoms with Crippen LogP contribution in [0, 0.1) is 0 Å². The maximum absolute atomic E-state index is 6.30. The first kappa shape index (κ1) is 13.9. The Kier molecular flexibility index (Phi) is 5.73. The van der Waals surface area contributed by atoms with Crippen molar-refractivity contribution in [3.8, 4) is 0 Å². The summed E-state index contributed by atoms with van der Waals surface area (Å²) in [7, 11) is 0. The monoisotopic (exact) mass is 228 g/mol. The van der Waals surface area contributed by atoms with Gasteiger partial charge in [0.2, 0.25) is 0 Å². The molecule has 3 nitrogen and oxygen atoms in total. The lowest BCUT2D eigenvalue weighted by Crippen LogP contribution is -2.51. The van der Waals surface area contributed by atoms with Gasteiger partial charge in [0.25, 0.3) is 0 Å². The van der Waals surface area contributed by atoms with Crippen molar-refractivity contribution >= 4 is 0 Å². The van der Waals surface area contributed by atoms with E-state index in [4.69, 9.17) is 10.5 Å². The highest BCUT2D eigenvalue weighted by atomic mass is 16.5. The van der Waals surface area contributed by atoms with Crippen molar-refractivity contribution in [3.05, 3.63) is 0 Å². The van der Waals surface area contributed by atoms with Crippen LogP contribution in [-0.4, -0.2) is 42.8 Å². The Morgan fingerprint density at radius 1 is 1.44 bits per heavy atom. The summed E-state index contributed by atoms with van der Waals surface area (Å²) in [4.78, 5) is 2.47. The topological polar surface area (TPSA) is 38.5 Å². The fourth-order valence-corrected chi connectivity index (χ4v) is 2.69. The third-order valence-electron chi connectivity index (χ3n) is 3.27. The summed E-state index contributed by atoms with van der Waals surface area (Å²) in [6, 6.07) is 0. The lowest BCUT2D eigenvalue weighted by molar-refractivity contribution is 0.000470. The highest BCUT2D eigenvalue weighted by Crippen LogP contribution is 2.17. The molecular weight excluding hydrogens is 200 g/mol. The van der Waals surface area contributed by atoms with Crippen LogP contribution in [0.1, 0.15) is 46.5 Å². The summed E-state index contributed by atoms with van der Waals surface area (Å²) in [5.41, 5.74) is 6.26. The molecule has 1 heterocycles. The van der Waals surface area contributed by atoms with Crippen LogP contribution in [0.2, 0.25) is 0 Å². The van der Waals surface area contributed by atoms with E-state index in [0.29, 0.717) is 6.10 Å². The highest BCUT2D eigenvalue weighted by Gasteiger charge is 2.26. The first-order chi connectivity index (χ1) is 7.57. The Labute approximate surface area is 100 Å². The van der Waals surface area contributed by atoms with E-state index in [1.807, 2.05) is 0 Å². The van der Waals surface area contributed by atoms with E-state index in [-0.39, 0.29) is 5.54 Å². The molecule has 16 heavy (non-hydrogen) atoms. The zero-order valence-corrected chi connectivity index (χ0v) is 11.2. The van der Waals surface area contributed by atoms with Gasteiger partial charge in [0.1, 0.15) is 0 Å². The smallest absolute Gasteiger partial charge is 0.0702 e. The van der Waals surface area contributed by atoms with E-state index in [9.17, 15) is 0 Å². The molecule has 2 N–H and O–H groups in total. The molecule has 2 atom stereocenters. The number of piperidine rings is 1. The van der Waals surface area contributed by atoms with Crippen LogP contribution in [0.3, 0.4) is 0 Å². The summed E-state index contributed by atoms with van der Waals surface area (Å²) in [6.45, 7) is 10.5. The molecular formula is C13H28N2O. The molecule has 1 rings (SSSR count). The molecule has 0 aromatic rings. The number of ether oxygens (including phenoxy) is 1. The van der Waals surface area contributed by atoms with Crippen molar-refractivity contribution in [1.82, 2.24) is 4.90 Å². The van der Waals surface area contributed by atoms with Gasteiger partial charge in [0, 0.05) is 25.2 Å². The van der Waals surface area contributed by atoms with Gasteiger partial charge in [-0.3, -0.25) is 4.90 Å². The second-order valence-corrected chi connectivity index (χ2v) is 5.36. The Morgan fingerprint density at radius 2 is 2.19 bits per heavy atom. The number of hydrogen-bond acceptors (Lipinski definition) is 3. The molecule has 0 spiro atoms. The van der Waals surface area contributed by atoms with Crippen molar-refractivity contribution in [2.24, 2.45) is 5.73 Å². The minimum Gasteiger partial charge on any atom is -0.377 e. The van der Waals surface area contributed by atoms with Gasteiger partial charge in [-0.2, -0.15) is 0 Å². The van der Waals surface area contributed by atoms with Crippen LogP contribution >= 0.6 is 0 Å². The average molecular weight is 228 g/mol. The Hall–Kier alpha value is -0.120. The van der Waals surface area contributed by atoms with Crippen molar-refractivity contribution in [1.29, 1.82) is 0 Å². The lowest BCUT2D eigenvalue weighted by atomic mass is 9.95. The van der Waals surface area contributed by atoms with E-state index < -0.39 is 0 Å². The molecule has 1 saturated heterocycles. The molecule has 1 fully saturated rings. The number of likely N-dealkylation sites (tertiary alicyclic amines) is 1. The molecule has 0 aromatic heterocycles. The van der Waals surface area contributed by atoms with E-state index in [0.717, 1.165) is 32.5 Å². The molecule has 0 bridgehead atoms. The van der Waals surface area contributed by atoms with Crippen molar-refractivity contribution in [2.45, 2.75) is 58.1 Å². The van der Waals surface area contributed by atoms with E-state index in [1.165, 1.54) is 19.4 Å². The van der Waals surface area contributed by atoms with Gasteiger partial charge in [0.05, 0.1) is 6.10 Å². The molecule has 3 heteroatoms. The van der Waals surface area contributed by atoms with Gasteiger partial charge >= 0.3 is 0 Å². The fourth-order valence-electron chi connectivity index (χ4n) is 2.69. The van der Waals surface area contributed by atoms with Crippen molar-refractivity contribution in [3.63, 3.8) is 0 Å². The predicted molar refractivity (Wildman–Crippen MR) is 68.6 cm³/mol. The van der Waals surface area contributed by atoms with E-state index in [1.54, 1.807) is 0 Å². The number of nitrogens with zero attached hydrogens (tertiary/aromatic N) is 1. The molecule has 0 amide bonds. The van der Waals surface area contributed by atoms with Crippen LogP contribution in [0.4, 0.5) is 0 Å². The first-order valence-corrected chi connectivity index (χ1v) is 6.70. The Balaban J connectivity index is 2.36. The Morgan fingerprint density at radius 3 is 2.81 bits per heavy atom. The van der Waals surface area contributed by atoms with E-state index >= 15 is 0 Å². The second kappa shape index (κ2) is 6.58. The quantitative estimate of drug-likeness (QED) is 0.756. The Bertz CT molecular complexity index is 192. The molecule has 0 saturated carbocycles. The fraction of sp³-hybridized carbons (Fsp3) is 1.00. The van der Waals surface area contributed by atoms with Crippen LogP contribution in [0.15, 0.2) is 0 Å². The van der Waals surface area contributed by atoms with Crippen LogP contribution in [0.5, 0.6) is 0 Å². The van der Waals surface area contributed by atoms with Crippen molar-refractivity contribution < 1.29 is 4.74 Å². The van der Waals surface area contributed by atoms with Crippen LogP contribution in [0.25, 0.3) is 0 Å². The average Bonchev–Trinajstić information content (AvgIpc) is 2.17. The molecule has 1 aliphatic heterocycles. The minimum atomic E-state index is -0.0388. The molecule has 2 unspecified atom stereocenters. The molecule has 1 aliphatic rings. The molecule has 0 aromatic carbocycles. The zero-order chi connectivity index (χ0) is 12.0. The summed E-state index contributed by atoms with van der Waals surface area (Å²) in [6.07, 6.45) is 5.14.